The fourth-order valence-corrected chi connectivity index (χ4v) is 5.55. The first-order valence-electron chi connectivity index (χ1n) is 14.1. The molecule has 0 bridgehead atoms. The molecule has 1 fully saturated rings. The van der Waals surface area contributed by atoms with Gasteiger partial charge in [0.25, 0.3) is 0 Å². The third-order valence-electron chi connectivity index (χ3n) is 8.01. The average molecular weight is 601 g/mol. The van der Waals surface area contributed by atoms with Crippen molar-refractivity contribution in [3.8, 4) is 12.1 Å². The summed E-state index contributed by atoms with van der Waals surface area (Å²) in [5.41, 5.74) is 8.47. The van der Waals surface area contributed by atoms with Crippen LogP contribution in [0.1, 0.15) is 56.3 Å². The molecule has 10 nitrogen and oxygen atoms in total. The van der Waals surface area contributed by atoms with Crippen LogP contribution >= 0.6 is 0 Å². The highest BCUT2D eigenvalue weighted by Gasteiger charge is 2.67. The van der Waals surface area contributed by atoms with Crippen molar-refractivity contribution in [2.75, 3.05) is 17.2 Å². The van der Waals surface area contributed by atoms with E-state index in [9.17, 15) is 23.7 Å². The Morgan fingerprint density at radius 1 is 1.09 bits per heavy atom. The Morgan fingerprint density at radius 3 is 2.50 bits per heavy atom. The summed E-state index contributed by atoms with van der Waals surface area (Å²) in [6.07, 6.45) is 0.139. The summed E-state index contributed by atoms with van der Waals surface area (Å²) < 4.78 is 43.9. The molecule has 2 aromatic heterocycles. The minimum atomic E-state index is -4.42. The van der Waals surface area contributed by atoms with Gasteiger partial charge in [0.15, 0.2) is 5.54 Å². The number of nitrogens with one attached hydrogen (secondary N) is 4. The molecule has 2 aromatic carbocycles. The Bertz CT molecular complexity index is 1880. The summed E-state index contributed by atoms with van der Waals surface area (Å²) in [5, 5.41) is 28.5. The number of anilines is 2. The second-order valence-electron chi connectivity index (χ2n) is 12.5. The molecule has 4 aromatic rings. The van der Waals surface area contributed by atoms with E-state index in [1.165, 1.54) is 12.4 Å². The maximum atomic E-state index is 14.0. The molecule has 44 heavy (non-hydrogen) atoms. The van der Waals surface area contributed by atoms with Gasteiger partial charge in [0.2, 0.25) is 0 Å². The number of nitriles is 2. The Labute approximate surface area is 252 Å². The van der Waals surface area contributed by atoms with Crippen molar-refractivity contribution in [1.82, 2.24) is 30.5 Å². The third-order valence-corrected chi connectivity index (χ3v) is 8.01. The summed E-state index contributed by atoms with van der Waals surface area (Å²) >= 11 is 0. The molecule has 226 valence electrons. The fourth-order valence-electron chi connectivity index (χ4n) is 5.55. The van der Waals surface area contributed by atoms with E-state index in [1.807, 2.05) is 35.9 Å². The molecule has 4 N–H and O–H groups in total. The second kappa shape index (κ2) is 10.3. The van der Waals surface area contributed by atoms with Crippen LogP contribution in [0.4, 0.5) is 24.5 Å². The SMILES string of the molecule is Cn1cnc2cccc([C@H](Nc3cc(C#N)c4ncc(C#N)c(NCC(C)(C)C)c4c3)C3=CN(C4(C(F)(F)F)CC4)NN3)c21. The molecule has 0 spiro atoms. The van der Waals surface area contributed by atoms with Crippen LogP contribution in [0.3, 0.4) is 0 Å². The van der Waals surface area contributed by atoms with E-state index in [0.29, 0.717) is 40.1 Å². The van der Waals surface area contributed by atoms with Gasteiger partial charge in [0.05, 0.1) is 51.4 Å². The zero-order valence-electron chi connectivity index (χ0n) is 24.6. The zero-order valence-corrected chi connectivity index (χ0v) is 24.6. The molecule has 1 saturated carbocycles. The van der Waals surface area contributed by atoms with Gasteiger partial charge in [-0.3, -0.25) is 9.99 Å². The van der Waals surface area contributed by atoms with Gasteiger partial charge < -0.3 is 20.6 Å². The predicted octanol–water partition coefficient (Wildman–Crippen LogP) is 5.74. The van der Waals surface area contributed by atoms with E-state index in [4.69, 9.17) is 0 Å². The number of aromatic nitrogens is 3. The number of fused-ring (bicyclic) bond motifs is 2. The summed E-state index contributed by atoms with van der Waals surface area (Å²) in [6, 6.07) is 12.8. The molecule has 2 aliphatic rings. The average Bonchev–Trinajstić information content (AvgIpc) is 3.52. The molecule has 13 heteroatoms. The van der Waals surface area contributed by atoms with Crippen LogP contribution in [0.25, 0.3) is 21.9 Å². The maximum Gasteiger partial charge on any atom is 0.413 e. The first kappa shape index (κ1) is 29.1. The summed E-state index contributed by atoms with van der Waals surface area (Å²) in [7, 11) is 1.85. The van der Waals surface area contributed by atoms with E-state index in [1.54, 1.807) is 12.4 Å². The molecule has 0 radical (unpaired) electrons. The van der Waals surface area contributed by atoms with Gasteiger partial charge in [0, 0.05) is 42.6 Å². The van der Waals surface area contributed by atoms with Crippen LogP contribution in [0, 0.1) is 28.1 Å². The van der Waals surface area contributed by atoms with E-state index in [0.717, 1.165) is 21.6 Å². The monoisotopic (exact) mass is 600 g/mol. The Morgan fingerprint density at radius 2 is 1.84 bits per heavy atom. The van der Waals surface area contributed by atoms with Crippen molar-refractivity contribution >= 4 is 33.3 Å². The molecule has 6 rings (SSSR count). The normalized spacial score (nSPS) is 16.7. The lowest BCUT2D eigenvalue weighted by molar-refractivity contribution is -0.195. The second-order valence-corrected chi connectivity index (χ2v) is 12.5. The van der Waals surface area contributed by atoms with Gasteiger partial charge in [0.1, 0.15) is 12.1 Å². The lowest BCUT2D eigenvalue weighted by Gasteiger charge is -2.28. The highest BCUT2D eigenvalue weighted by atomic mass is 19.4. The van der Waals surface area contributed by atoms with Crippen LogP contribution in [0.2, 0.25) is 0 Å². The number of para-hydroxylation sites is 1. The van der Waals surface area contributed by atoms with Crippen LogP contribution in [-0.2, 0) is 7.05 Å². The maximum absolute atomic E-state index is 14.0. The molecule has 1 atom stereocenters. The highest BCUT2D eigenvalue weighted by Crippen LogP contribution is 2.54. The van der Waals surface area contributed by atoms with Crippen molar-refractivity contribution in [2.45, 2.75) is 51.4 Å². The molecular weight excluding hydrogens is 569 g/mol. The highest BCUT2D eigenvalue weighted by molar-refractivity contribution is 5.99. The number of pyridine rings is 1. The number of hydrogen-bond acceptors (Lipinski definition) is 9. The van der Waals surface area contributed by atoms with Crippen molar-refractivity contribution in [3.05, 3.63) is 71.4 Å². The number of halogens is 3. The number of alkyl halides is 3. The topological polar surface area (TPSA) is 130 Å². The van der Waals surface area contributed by atoms with Crippen molar-refractivity contribution in [2.24, 2.45) is 12.5 Å². The van der Waals surface area contributed by atoms with Gasteiger partial charge >= 0.3 is 6.18 Å². The van der Waals surface area contributed by atoms with E-state index < -0.39 is 17.8 Å². The fraction of sp³-hybridized carbons (Fsp3) is 0.355. The Kier molecular flexibility index (Phi) is 6.82. The standard InChI is InChI=1S/C31H31F3N10/c1-29(2,3)16-38-26-19(13-36)14-37-25-18(12-35)10-20(11-22(25)26)40-27(21-6-5-7-23-28(21)43(4)17-39-23)24-15-44(42-41-24)30(8-9-30)31(32,33)34/h5-7,10-11,14-15,17,27,40-42H,8-9,16H2,1-4H3,(H,37,38)/t27-/m0/s1. The zero-order chi connectivity index (χ0) is 31.4. The molecule has 0 saturated heterocycles. The minimum Gasteiger partial charge on any atom is -0.383 e. The van der Waals surface area contributed by atoms with Gasteiger partial charge in [-0.25, -0.2) is 4.98 Å². The number of hydrogen-bond donors (Lipinski definition) is 4. The van der Waals surface area contributed by atoms with Gasteiger partial charge in [-0.1, -0.05) is 32.9 Å². The van der Waals surface area contributed by atoms with Gasteiger partial charge in [-0.2, -0.15) is 23.7 Å². The number of aryl methyl sites for hydroxylation is 1. The van der Waals surface area contributed by atoms with Crippen molar-refractivity contribution < 1.29 is 13.2 Å². The van der Waals surface area contributed by atoms with Gasteiger partial charge in [-0.15, -0.1) is 5.53 Å². The predicted molar refractivity (Wildman–Crippen MR) is 160 cm³/mol. The first-order valence-corrected chi connectivity index (χ1v) is 14.1. The lowest BCUT2D eigenvalue weighted by Crippen LogP contribution is -2.52. The lowest BCUT2D eigenvalue weighted by atomic mass is 9.96. The van der Waals surface area contributed by atoms with Crippen LogP contribution in [0.5, 0.6) is 0 Å². The molecule has 1 aliphatic carbocycles. The van der Waals surface area contributed by atoms with Crippen molar-refractivity contribution in [3.63, 3.8) is 0 Å². The summed E-state index contributed by atoms with van der Waals surface area (Å²) in [6.45, 7) is 6.76. The van der Waals surface area contributed by atoms with E-state index >= 15 is 0 Å². The third kappa shape index (κ3) is 4.99. The Balaban J connectivity index is 1.49. The number of imidazole rings is 1. The Hall–Kier alpha value is -5.01. The summed E-state index contributed by atoms with van der Waals surface area (Å²) in [5.74, 6) is 0. The van der Waals surface area contributed by atoms with E-state index in [2.05, 4.69) is 64.5 Å². The number of benzene rings is 2. The van der Waals surface area contributed by atoms with Crippen LogP contribution in [-0.4, -0.2) is 37.8 Å². The molecule has 3 heterocycles. The molecule has 0 amide bonds. The molecule has 0 unspecified atom stereocenters. The van der Waals surface area contributed by atoms with Crippen LogP contribution < -0.4 is 21.6 Å². The first-order chi connectivity index (χ1) is 20.8. The largest absolute Gasteiger partial charge is 0.413 e. The smallest absolute Gasteiger partial charge is 0.383 e. The van der Waals surface area contributed by atoms with Crippen LogP contribution in [0.15, 0.2) is 54.8 Å². The number of nitrogens with zero attached hydrogens (tertiary/aromatic N) is 6. The molecule has 1 aliphatic heterocycles. The van der Waals surface area contributed by atoms with Crippen molar-refractivity contribution in [1.29, 1.82) is 10.5 Å². The number of hydrazine groups is 2. The van der Waals surface area contributed by atoms with Gasteiger partial charge in [-0.05, 0) is 36.5 Å². The quantitative estimate of drug-likeness (QED) is 0.210. The number of rotatable bonds is 7. The minimum absolute atomic E-state index is 0.0147. The summed E-state index contributed by atoms with van der Waals surface area (Å²) in [4.78, 5) is 8.89. The molecular formula is C31H31F3N10. The van der Waals surface area contributed by atoms with E-state index in [-0.39, 0.29) is 23.8 Å².